The molecular weight excluding hydrogens is 455 g/mol. The summed E-state index contributed by atoms with van der Waals surface area (Å²) in [5.41, 5.74) is 4.38. The molecule has 0 aromatic heterocycles. The van der Waals surface area contributed by atoms with Crippen LogP contribution in [0.2, 0.25) is 0 Å². The Labute approximate surface area is 210 Å². The second-order valence-corrected chi connectivity index (χ2v) is 9.03. The summed E-state index contributed by atoms with van der Waals surface area (Å²) in [5, 5.41) is 16.6. The molecule has 4 rings (SSSR count). The van der Waals surface area contributed by atoms with E-state index in [-0.39, 0.29) is 24.8 Å². The highest BCUT2D eigenvalue weighted by Gasteiger charge is 2.40. The lowest BCUT2D eigenvalue weighted by atomic mass is 9.91. The zero-order valence-electron chi connectivity index (χ0n) is 19.2. The predicted molar refractivity (Wildman–Crippen MR) is 141 cm³/mol. The standard InChI is InChI=1S/C27H34N2O2.2ClH/c1-2-21(16-19-6-4-3-5-7-19)25-17-26(25)29-24-14-12-23(13-15-24)28-18-20-8-10-22(11-9-20)27(30)31;;/h3-11,16,23-26,28-29H,2,12-15,17-18H2,1H3,(H,30,31);2*1H/b21-16+;;/t23-,24-,25?,26?;;. The number of benzene rings is 2. The van der Waals surface area contributed by atoms with Crippen LogP contribution in [0.1, 0.15) is 66.9 Å². The van der Waals surface area contributed by atoms with Crippen molar-refractivity contribution in [1.82, 2.24) is 10.6 Å². The van der Waals surface area contributed by atoms with Gasteiger partial charge in [-0.2, -0.15) is 0 Å². The molecule has 2 aromatic rings. The molecule has 2 saturated carbocycles. The van der Waals surface area contributed by atoms with Gasteiger partial charge in [0, 0.05) is 24.7 Å². The van der Waals surface area contributed by atoms with Gasteiger partial charge in [-0.05, 0) is 67.7 Å². The first kappa shape index (κ1) is 27.4. The van der Waals surface area contributed by atoms with Crippen molar-refractivity contribution in [3.63, 3.8) is 0 Å². The van der Waals surface area contributed by atoms with Crippen molar-refractivity contribution in [2.24, 2.45) is 5.92 Å². The van der Waals surface area contributed by atoms with Crippen LogP contribution in [0.5, 0.6) is 0 Å². The third-order valence-corrected chi connectivity index (χ3v) is 6.80. The van der Waals surface area contributed by atoms with E-state index in [1.807, 2.05) is 12.1 Å². The molecule has 2 aliphatic rings. The fourth-order valence-corrected chi connectivity index (χ4v) is 4.82. The summed E-state index contributed by atoms with van der Waals surface area (Å²) in [6.45, 7) is 3.08. The number of carbonyl (C=O) groups is 1. The summed E-state index contributed by atoms with van der Waals surface area (Å²) < 4.78 is 0. The Balaban J connectivity index is 0.00000193. The largest absolute Gasteiger partial charge is 0.478 e. The predicted octanol–water partition coefficient (Wildman–Crippen LogP) is 6.10. The molecule has 2 aliphatic carbocycles. The number of nitrogens with one attached hydrogen (secondary N) is 2. The quantitative estimate of drug-likeness (QED) is 0.397. The van der Waals surface area contributed by atoms with E-state index in [1.165, 1.54) is 37.7 Å². The van der Waals surface area contributed by atoms with E-state index in [0.29, 0.717) is 29.6 Å². The molecule has 2 fully saturated rings. The number of rotatable bonds is 9. The van der Waals surface area contributed by atoms with E-state index in [4.69, 9.17) is 5.11 Å². The molecule has 0 amide bonds. The Morgan fingerprint density at radius 1 is 0.970 bits per heavy atom. The Morgan fingerprint density at radius 3 is 2.21 bits per heavy atom. The number of carboxylic acid groups (broad SMARTS) is 1. The minimum absolute atomic E-state index is 0. The molecule has 2 atom stereocenters. The lowest BCUT2D eigenvalue weighted by Gasteiger charge is -2.30. The van der Waals surface area contributed by atoms with Gasteiger partial charge < -0.3 is 15.7 Å². The molecule has 4 nitrogen and oxygen atoms in total. The van der Waals surface area contributed by atoms with Gasteiger partial charge in [0.25, 0.3) is 0 Å². The van der Waals surface area contributed by atoms with E-state index >= 15 is 0 Å². The fourth-order valence-electron chi connectivity index (χ4n) is 4.82. The van der Waals surface area contributed by atoms with Gasteiger partial charge >= 0.3 is 5.97 Å². The average Bonchev–Trinajstić information content (AvgIpc) is 3.56. The monoisotopic (exact) mass is 490 g/mol. The Morgan fingerprint density at radius 2 is 1.61 bits per heavy atom. The molecule has 2 unspecified atom stereocenters. The highest BCUT2D eigenvalue weighted by atomic mass is 35.5. The van der Waals surface area contributed by atoms with E-state index in [2.05, 4.69) is 54.0 Å². The summed E-state index contributed by atoms with van der Waals surface area (Å²) in [6, 6.07) is 19.7. The second-order valence-electron chi connectivity index (χ2n) is 9.03. The van der Waals surface area contributed by atoms with Crippen LogP contribution in [0.3, 0.4) is 0 Å². The Kier molecular flexibility index (Phi) is 10.9. The highest BCUT2D eigenvalue weighted by Crippen LogP contribution is 2.40. The van der Waals surface area contributed by atoms with Gasteiger partial charge in [0.15, 0.2) is 0 Å². The summed E-state index contributed by atoms with van der Waals surface area (Å²) >= 11 is 0. The van der Waals surface area contributed by atoms with Crippen LogP contribution in [0.25, 0.3) is 6.08 Å². The molecule has 6 heteroatoms. The van der Waals surface area contributed by atoms with Gasteiger partial charge in [0.05, 0.1) is 5.56 Å². The van der Waals surface area contributed by atoms with E-state index < -0.39 is 5.97 Å². The minimum Gasteiger partial charge on any atom is -0.478 e. The molecule has 3 N–H and O–H groups in total. The molecule has 0 heterocycles. The van der Waals surface area contributed by atoms with E-state index in [1.54, 1.807) is 17.7 Å². The SMILES string of the molecule is CC/C(=C\c1ccccc1)C1CC1N[C@H]1CC[C@H](NCc2ccc(C(=O)O)cc2)CC1.Cl.Cl. The van der Waals surface area contributed by atoms with Crippen LogP contribution in [-0.2, 0) is 6.54 Å². The first-order chi connectivity index (χ1) is 15.1. The number of carboxylic acids is 1. The average molecular weight is 492 g/mol. The normalized spacial score (nSPS) is 24.3. The van der Waals surface area contributed by atoms with Crippen molar-refractivity contribution in [2.45, 2.75) is 70.1 Å². The van der Waals surface area contributed by atoms with Crippen molar-refractivity contribution >= 4 is 36.9 Å². The van der Waals surface area contributed by atoms with Crippen LogP contribution in [-0.4, -0.2) is 29.2 Å². The van der Waals surface area contributed by atoms with Crippen LogP contribution in [0.4, 0.5) is 0 Å². The summed E-state index contributed by atoms with van der Waals surface area (Å²) in [4.78, 5) is 11.0. The summed E-state index contributed by atoms with van der Waals surface area (Å²) in [5.74, 6) is -0.167. The van der Waals surface area contributed by atoms with Gasteiger partial charge in [-0.1, -0.05) is 61.0 Å². The van der Waals surface area contributed by atoms with E-state index in [0.717, 1.165) is 18.5 Å². The first-order valence-corrected chi connectivity index (χ1v) is 11.7. The van der Waals surface area contributed by atoms with Crippen LogP contribution >= 0.6 is 24.8 Å². The number of hydrogen-bond acceptors (Lipinski definition) is 3. The highest BCUT2D eigenvalue weighted by molar-refractivity contribution is 5.87. The zero-order chi connectivity index (χ0) is 21.6. The molecule has 0 bridgehead atoms. The van der Waals surface area contributed by atoms with Gasteiger partial charge in [0.2, 0.25) is 0 Å². The minimum atomic E-state index is -0.871. The molecule has 0 radical (unpaired) electrons. The van der Waals surface area contributed by atoms with Crippen LogP contribution in [0.15, 0.2) is 60.2 Å². The maximum atomic E-state index is 11.0. The van der Waals surface area contributed by atoms with Gasteiger partial charge in [-0.3, -0.25) is 0 Å². The molecule has 33 heavy (non-hydrogen) atoms. The zero-order valence-corrected chi connectivity index (χ0v) is 20.8. The van der Waals surface area contributed by atoms with Gasteiger partial charge in [0.1, 0.15) is 0 Å². The molecule has 0 aliphatic heterocycles. The maximum absolute atomic E-state index is 11.0. The molecule has 0 spiro atoms. The summed E-state index contributed by atoms with van der Waals surface area (Å²) in [7, 11) is 0. The van der Waals surface area contributed by atoms with Crippen LogP contribution < -0.4 is 10.6 Å². The van der Waals surface area contributed by atoms with Crippen molar-refractivity contribution in [3.05, 3.63) is 76.9 Å². The Hall–Kier alpha value is -1.85. The number of hydrogen-bond donors (Lipinski definition) is 3. The van der Waals surface area contributed by atoms with Crippen LogP contribution in [0, 0.1) is 5.92 Å². The lowest BCUT2D eigenvalue weighted by Crippen LogP contribution is -2.40. The van der Waals surface area contributed by atoms with Crippen molar-refractivity contribution < 1.29 is 9.90 Å². The Bertz CT molecular complexity index is 894. The summed E-state index contributed by atoms with van der Waals surface area (Å²) in [6.07, 6.45) is 9.63. The molecule has 2 aromatic carbocycles. The topological polar surface area (TPSA) is 61.4 Å². The number of aromatic carboxylic acids is 1. The third kappa shape index (κ3) is 7.86. The molecule has 0 saturated heterocycles. The maximum Gasteiger partial charge on any atom is 0.335 e. The van der Waals surface area contributed by atoms with Crippen molar-refractivity contribution in [1.29, 1.82) is 0 Å². The molecule has 180 valence electrons. The molecular formula is C27H36Cl2N2O2. The first-order valence-electron chi connectivity index (χ1n) is 11.7. The third-order valence-electron chi connectivity index (χ3n) is 6.80. The van der Waals surface area contributed by atoms with Gasteiger partial charge in [-0.25, -0.2) is 4.79 Å². The van der Waals surface area contributed by atoms with E-state index in [9.17, 15) is 4.79 Å². The second kappa shape index (κ2) is 13.1. The fraction of sp³-hybridized carbons (Fsp3) is 0.444. The van der Waals surface area contributed by atoms with Crippen molar-refractivity contribution in [2.75, 3.05) is 0 Å². The lowest BCUT2D eigenvalue weighted by molar-refractivity contribution is 0.0697. The van der Waals surface area contributed by atoms with Gasteiger partial charge in [-0.15, -0.1) is 24.8 Å². The smallest absolute Gasteiger partial charge is 0.335 e. The van der Waals surface area contributed by atoms with Crippen molar-refractivity contribution in [3.8, 4) is 0 Å². The number of halogens is 2.